The molecule has 0 N–H and O–H groups in total. The van der Waals surface area contributed by atoms with Crippen LogP contribution in [0.2, 0.25) is 0 Å². The van der Waals surface area contributed by atoms with E-state index in [1.54, 1.807) is 6.92 Å². The van der Waals surface area contributed by atoms with Gasteiger partial charge < -0.3 is 9.90 Å². The maximum Gasteiger partial charge on any atom is 0.0486 e. The van der Waals surface area contributed by atoms with E-state index in [2.05, 4.69) is 6.07 Å². The average molecular weight is 213 g/mol. The third-order valence-corrected chi connectivity index (χ3v) is 2.87. The lowest BCUT2D eigenvalue weighted by molar-refractivity contribution is -0.307. The van der Waals surface area contributed by atoms with Crippen LogP contribution in [0, 0.1) is 6.92 Å². The quantitative estimate of drug-likeness (QED) is 0.765. The third kappa shape index (κ3) is 1.91. The van der Waals surface area contributed by atoms with E-state index in [0.29, 0.717) is 0 Å². The maximum absolute atomic E-state index is 10.8. The summed E-state index contributed by atoms with van der Waals surface area (Å²) in [6, 6.07) is 11.8. The number of hydrogen-bond donors (Lipinski definition) is 0. The molecular formula is C14H13O2-. The molecule has 0 fully saturated rings. The Bertz CT molecular complexity index is 543. The molecule has 0 aliphatic rings. The van der Waals surface area contributed by atoms with Gasteiger partial charge in [0.1, 0.15) is 0 Å². The highest BCUT2D eigenvalue weighted by atomic mass is 16.4. The van der Waals surface area contributed by atoms with Crippen LogP contribution in [0.5, 0.6) is 0 Å². The first-order valence-corrected chi connectivity index (χ1v) is 5.29. The Morgan fingerprint density at radius 3 is 2.44 bits per heavy atom. The number of fused-ring (bicyclic) bond motifs is 1. The summed E-state index contributed by atoms with van der Waals surface area (Å²) in [7, 11) is 0. The van der Waals surface area contributed by atoms with Crippen LogP contribution >= 0.6 is 0 Å². The molecule has 0 radical (unpaired) electrons. The largest absolute Gasteiger partial charge is 0.550 e. The van der Waals surface area contributed by atoms with Gasteiger partial charge in [0.25, 0.3) is 0 Å². The Hall–Kier alpha value is -1.83. The summed E-state index contributed by atoms with van der Waals surface area (Å²) in [6.07, 6.45) is 0. The van der Waals surface area contributed by atoms with Gasteiger partial charge in [-0.2, -0.15) is 0 Å². The molecule has 0 aromatic heterocycles. The van der Waals surface area contributed by atoms with Crippen molar-refractivity contribution in [2.45, 2.75) is 19.8 Å². The number of carbonyl (C=O) groups excluding carboxylic acids is 1. The van der Waals surface area contributed by atoms with Crippen molar-refractivity contribution in [3.63, 3.8) is 0 Å². The van der Waals surface area contributed by atoms with Gasteiger partial charge >= 0.3 is 0 Å². The fourth-order valence-electron chi connectivity index (χ4n) is 1.79. The first-order chi connectivity index (χ1) is 7.58. The lowest BCUT2D eigenvalue weighted by atomic mass is 9.97. The molecule has 1 atom stereocenters. The van der Waals surface area contributed by atoms with Crippen LogP contribution in [0.15, 0.2) is 36.4 Å². The second-order valence-electron chi connectivity index (χ2n) is 4.15. The fraction of sp³-hybridized carbons (Fsp3) is 0.214. The van der Waals surface area contributed by atoms with Crippen molar-refractivity contribution in [1.29, 1.82) is 0 Å². The van der Waals surface area contributed by atoms with Crippen molar-refractivity contribution in [3.05, 3.63) is 47.5 Å². The zero-order chi connectivity index (χ0) is 11.7. The van der Waals surface area contributed by atoms with Crippen LogP contribution < -0.4 is 5.11 Å². The van der Waals surface area contributed by atoms with Crippen LogP contribution in [0.3, 0.4) is 0 Å². The van der Waals surface area contributed by atoms with E-state index in [-0.39, 0.29) is 0 Å². The van der Waals surface area contributed by atoms with Gasteiger partial charge in [-0.25, -0.2) is 0 Å². The van der Waals surface area contributed by atoms with E-state index < -0.39 is 11.9 Å². The van der Waals surface area contributed by atoms with Crippen molar-refractivity contribution in [2.75, 3.05) is 0 Å². The number of benzene rings is 2. The zero-order valence-electron chi connectivity index (χ0n) is 9.36. The number of aryl methyl sites for hydroxylation is 1. The van der Waals surface area contributed by atoms with Gasteiger partial charge in [-0.15, -0.1) is 0 Å². The minimum atomic E-state index is -1.04. The molecule has 16 heavy (non-hydrogen) atoms. The topological polar surface area (TPSA) is 40.1 Å². The van der Waals surface area contributed by atoms with E-state index in [1.807, 2.05) is 37.3 Å². The van der Waals surface area contributed by atoms with Crippen molar-refractivity contribution >= 4 is 16.7 Å². The fourth-order valence-corrected chi connectivity index (χ4v) is 1.79. The molecule has 1 unspecified atom stereocenters. The Balaban J connectivity index is 2.52. The summed E-state index contributed by atoms with van der Waals surface area (Å²) >= 11 is 0. The summed E-state index contributed by atoms with van der Waals surface area (Å²) < 4.78 is 0. The molecule has 0 saturated heterocycles. The van der Waals surface area contributed by atoms with E-state index >= 15 is 0 Å². The number of carbonyl (C=O) groups is 1. The molecule has 0 amide bonds. The number of rotatable bonds is 2. The Labute approximate surface area is 94.5 Å². The van der Waals surface area contributed by atoms with E-state index in [4.69, 9.17) is 0 Å². The molecule has 82 valence electrons. The monoisotopic (exact) mass is 213 g/mol. The van der Waals surface area contributed by atoms with Crippen LogP contribution in [0.25, 0.3) is 10.8 Å². The van der Waals surface area contributed by atoms with Gasteiger partial charge in [-0.1, -0.05) is 48.9 Å². The van der Waals surface area contributed by atoms with Crippen LogP contribution in [0.1, 0.15) is 24.0 Å². The maximum atomic E-state index is 10.8. The summed E-state index contributed by atoms with van der Waals surface area (Å²) in [5, 5.41) is 13.0. The highest BCUT2D eigenvalue weighted by Crippen LogP contribution is 2.22. The molecule has 2 heteroatoms. The highest BCUT2D eigenvalue weighted by molar-refractivity contribution is 5.85. The molecule has 2 aromatic carbocycles. The molecule has 0 heterocycles. The smallest absolute Gasteiger partial charge is 0.0486 e. The van der Waals surface area contributed by atoms with Crippen molar-refractivity contribution in [2.24, 2.45) is 0 Å². The summed E-state index contributed by atoms with van der Waals surface area (Å²) in [6.45, 7) is 3.68. The van der Waals surface area contributed by atoms with Crippen molar-refractivity contribution in [3.8, 4) is 0 Å². The van der Waals surface area contributed by atoms with Crippen LogP contribution in [0.4, 0.5) is 0 Å². The molecule has 0 aliphatic heterocycles. The standard InChI is InChI=1S/C14H14O2/c1-9-3-4-13-8-11(10(2)14(15)16)5-6-12(13)7-9/h3-8,10H,1-2H3,(H,15,16)/p-1. The second kappa shape index (κ2) is 3.97. The van der Waals surface area contributed by atoms with Crippen LogP contribution in [-0.4, -0.2) is 5.97 Å². The molecule has 2 nitrogen and oxygen atoms in total. The molecule has 0 bridgehead atoms. The third-order valence-electron chi connectivity index (χ3n) is 2.87. The number of aliphatic carboxylic acids is 1. The van der Waals surface area contributed by atoms with E-state index in [9.17, 15) is 9.90 Å². The first-order valence-electron chi connectivity index (χ1n) is 5.29. The number of carboxylic acids is 1. The Morgan fingerprint density at radius 2 is 1.75 bits per heavy atom. The van der Waals surface area contributed by atoms with Gasteiger partial charge in [-0.05, 0) is 23.3 Å². The van der Waals surface area contributed by atoms with E-state index in [1.165, 1.54) is 5.56 Å². The van der Waals surface area contributed by atoms with Gasteiger partial charge in [0.15, 0.2) is 0 Å². The normalized spacial score (nSPS) is 12.6. The van der Waals surface area contributed by atoms with Gasteiger partial charge in [-0.3, -0.25) is 0 Å². The number of carboxylic acid groups (broad SMARTS) is 1. The molecular weight excluding hydrogens is 200 g/mol. The molecule has 2 rings (SSSR count). The Kier molecular flexibility index (Phi) is 2.65. The predicted octanol–water partition coefficient (Wildman–Crippen LogP) is 2.00. The Morgan fingerprint density at radius 1 is 1.12 bits per heavy atom. The lowest BCUT2D eigenvalue weighted by Gasteiger charge is -2.13. The van der Waals surface area contributed by atoms with Crippen molar-refractivity contribution < 1.29 is 9.90 Å². The molecule has 0 saturated carbocycles. The minimum Gasteiger partial charge on any atom is -0.550 e. The number of hydrogen-bond acceptors (Lipinski definition) is 2. The van der Waals surface area contributed by atoms with Gasteiger partial charge in [0.05, 0.1) is 0 Å². The summed E-state index contributed by atoms with van der Waals surface area (Å²) in [5.74, 6) is -1.60. The van der Waals surface area contributed by atoms with Crippen molar-refractivity contribution in [1.82, 2.24) is 0 Å². The van der Waals surface area contributed by atoms with Gasteiger partial charge in [0, 0.05) is 11.9 Å². The predicted molar refractivity (Wildman–Crippen MR) is 62.1 cm³/mol. The molecule has 0 aliphatic carbocycles. The SMILES string of the molecule is Cc1ccc2cc(C(C)C(=O)[O-])ccc2c1. The molecule has 2 aromatic rings. The first kappa shape index (κ1) is 10.7. The average Bonchev–Trinajstić information content (AvgIpc) is 2.27. The second-order valence-corrected chi connectivity index (χ2v) is 4.15. The summed E-state index contributed by atoms with van der Waals surface area (Å²) in [5.41, 5.74) is 1.99. The van der Waals surface area contributed by atoms with Gasteiger partial charge in [0.2, 0.25) is 0 Å². The lowest BCUT2D eigenvalue weighted by Crippen LogP contribution is -2.27. The minimum absolute atomic E-state index is 0.564. The molecule has 0 spiro atoms. The van der Waals surface area contributed by atoms with Crippen LogP contribution in [-0.2, 0) is 4.79 Å². The highest BCUT2D eigenvalue weighted by Gasteiger charge is 2.06. The summed E-state index contributed by atoms with van der Waals surface area (Å²) in [4.78, 5) is 10.8. The van der Waals surface area contributed by atoms with E-state index in [0.717, 1.165) is 16.3 Å². The zero-order valence-corrected chi connectivity index (χ0v) is 9.36.